The van der Waals surface area contributed by atoms with Gasteiger partial charge in [-0.05, 0) is 62.4 Å². The highest BCUT2D eigenvalue weighted by Crippen LogP contribution is 2.24. The summed E-state index contributed by atoms with van der Waals surface area (Å²) in [6, 6.07) is 9.68. The Bertz CT molecular complexity index is 903. The Hall–Kier alpha value is -2.61. The van der Waals surface area contributed by atoms with Gasteiger partial charge in [-0.2, -0.15) is 0 Å². The van der Waals surface area contributed by atoms with Crippen LogP contribution in [0.3, 0.4) is 0 Å². The Morgan fingerprint density at radius 1 is 1.19 bits per heavy atom. The van der Waals surface area contributed by atoms with E-state index in [1.54, 1.807) is 0 Å². The fourth-order valence-corrected chi connectivity index (χ4v) is 4.18. The van der Waals surface area contributed by atoms with Crippen molar-refractivity contribution in [2.45, 2.75) is 45.1 Å². The molecular weight excluding hydrogens is 410 g/mol. The maximum Gasteiger partial charge on any atom is 0.234 e. The number of nitrogens with zero attached hydrogens (tertiary/aromatic N) is 3. The SMILES string of the molecule is CCCNC(=O)[C@H]1CCCN(c2ccc(SCC(=O)Nc3cccc(C)c3C)nn2)C1. The molecule has 0 bridgehead atoms. The van der Waals surface area contributed by atoms with Gasteiger partial charge in [0.2, 0.25) is 11.8 Å². The highest BCUT2D eigenvalue weighted by molar-refractivity contribution is 7.99. The number of aryl methyl sites for hydroxylation is 1. The average Bonchev–Trinajstić information content (AvgIpc) is 2.79. The van der Waals surface area contributed by atoms with Crippen LogP contribution in [0.25, 0.3) is 0 Å². The van der Waals surface area contributed by atoms with Gasteiger partial charge in [-0.3, -0.25) is 9.59 Å². The normalized spacial score (nSPS) is 16.1. The molecule has 2 N–H and O–H groups in total. The lowest BCUT2D eigenvalue weighted by Crippen LogP contribution is -2.43. The molecule has 2 aromatic rings. The molecule has 0 spiro atoms. The number of amides is 2. The van der Waals surface area contributed by atoms with Crippen molar-refractivity contribution in [1.82, 2.24) is 15.5 Å². The number of carbonyl (C=O) groups is 2. The molecule has 31 heavy (non-hydrogen) atoms. The van der Waals surface area contributed by atoms with E-state index >= 15 is 0 Å². The van der Waals surface area contributed by atoms with Gasteiger partial charge in [-0.25, -0.2) is 0 Å². The second-order valence-electron chi connectivity index (χ2n) is 7.89. The average molecular weight is 442 g/mol. The number of thioether (sulfide) groups is 1. The maximum absolute atomic E-state index is 12.3. The topological polar surface area (TPSA) is 87.2 Å². The zero-order valence-corrected chi connectivity index (χ0v) is 19.3. The number of rotatable bonds is 8. The van der Waals surface area contributed by atoms with Gasteiger partial charge < -0.3 is 15.5 Å². The fourth-order valence-electron chi connectivity index (χ4n) is 3.56. The Morgan fingerprint density at radius 3 is 2.77 bits per heavy atom. The third-order valence-corrected chi connectivity index (χ3v) is 6.44. The molecule has 1 aromatic carbocycles. The molecule has 1 aromatic heterocycles. The Balaban J connectivity index is 1.51. The van der Waals surface area contributed by atoms with E-state index in [1.807, 2.05) is 44.2 Å². The molecule has 2 amide bonds. The van der Waals surface area contributed by atoms with Crippen LogP contribution >= 0.6 is 11.8 Å². The van der Waals surface area contributed by atoms with E-state index in [9.17, 15) is 9.59 Å². The van der Waals surface area contributed by atoms with Gasteiger partial charge >= 0.3 is 0 Å². The lowest BCUT2D eigenvalue weighted by atomic mass is 9.97. The molecule has 0 saturated carbocycles. The first-order valence-electron chi connectivity index (χ1n) is 10.8. The predicted octanol–water partition coefficient (Wildman–Crippen LogP) is 3.57. The summed E-state index contributed by atoms with van der Waals surface area (Å²) in [7, 11) is 0. The molecule has 1 atom stereocenters. The summed E-state index contributed by atoms with van der Waals surface area (Å²) in [6.07, 6.45) is 2.80. The second kappa shape index (κ2) is 11.1. The van der Waals surface area contributed by atoms with Crippen LogP contribution in [-0.4, -0.2) is 47.4 Å². The summed E-state index contributed by atoms with van der Waals surface area (Å²) in [6.45, 7) is 8.33. The second-order valence-corrected chi connectivity index (χ2v) is 8.89. The van der Waals surface area contributed by atoms with Crippen LogP contribution in [0.15, 0.2) is 35.4 Å². The van der Waals surface area contributed by atoms with Gasteiger partial charge in [-0.1, -0.05) is 30.8 Å². The first-order valence-corrected chi connectivity index (χ1v) is 11.8. The summed E-state index contributed by atoms with van der Waals surface area (Å²) in [5.41, 5.74) is 3.07. The molecule has 1 aliphatic rings. The number of nitrogens with one attached hydrogen (secondary N) is 2. The van der Waals surface area contributed by atoms with E-state index in [0.29, 0.717) is 11.6 Å². The summed E-state index contributed by atoms with van der Waals surface area (Å²) < 4.78 is 0. The van der Waals surface area contributed by atoms with Gasteiger partial charge in [0.25, 0.3) is 0 Å². The number of benzene rings is 1. The van der Waals surface area contributed by atoms with Gasteiger partial charge in [0, 0.05) is 25.3 Å². The number of anilines is 2. The van der Waals surface area contributed by atoms with Crippen LogP contribution in [0.2, 0.25) is 0 Å². The maximum atomic E-state index is 12.3. The van der Waals surface area contributed by atoms with Crippen molar-refractivity contribution in [1.29, 1.82) is 0 Å². The Kier molecular flexibility index (Phi) is 8.28. The van der Waals surface area contributed by atoms with E-state index in [0.717, 1.165) is 55.0 Å². The van der Waals surface area contributed by atoms with Crippen molar-refractivity contribution >= 4 is 35.1 Å². The zero-order chi connectivity index (χ0) is 22.2. The van der Waals surface area contributed by atoms with Crippen molar-refractivity contribution in [2.24, 2.45) is 5.92 Å². The fraction of sp³-hybridized carbons (Fsp3) is 0.478. The monoisotopic (exact) mass is 441 g/mol. The number of piperidine rings is 1. The molecule has 1 fully saturated rings. The number of aromatic nitrogens is 2. The molecular formula is C23H31N5O2S. The van der Waals surface area contributed by atoms with E-state index in [4.69, 9.17) is 0 Å². The third kappa shape index (κ3) is 6.43. The minimum absolute atomic E-state index is 0.00933. The molecule has 0 radical (unpaired) electrons. The standard InChI is InChI=1S/C23H31N5O2S/c1-4-12-24-23(30)18-8-6-13-28(14-18)20-10-11-22(27-26-20)31-15-21(29)25-19-9-5-7-16(2)17(19)3/h5,7,9-11,18H,4,6,8,12-15H2,1-3H3,(H,24,30)(H,25,29)/t18-/m0/s1. The van der Waals surface area contributed by atoms with Gasteiger partial charge in [0.15, 0.2) is 5.82 Å². The number of hydrogen-bond acceptors (Lipinski definition) is 6. The minimum Gasteiger partial charge on any atom is -0.356 e. The molecule has 3 rings (SSSR count). The predicted molar refractivity (Wildman–Crippen MR) is 126 cm³/mol. The smallest absolute Gasteiger partial charge is 0.234 e. The van der Waals surface area contributed by atoms with Gasteiger partial charge in [0.05, 0.1) is 11.7 Å². The van der Waals surface area contributed by atoms with E-state index in [-0.39, 0.29) is 23.5 Å². The molecule has 1 aliphatic heterocycles. The molecule has 7 nitrogen and oxygen atoms in total. The van der Waals surface area contributed by atoms with Crippen LogP contribution in [-0.2, 0) is 9.59 Å². The van der Waals surface area contributed by atoms with Crippen molar-refractivity contribution < 1.29 is 9.59 Å². The van der Waals surface area contributed by atoms with Crippen LogP contribution in [0.5, 0.6) is 0 Å². The highest BCUT2D eigenvalue weighted by atomic mass is 32.2. The van der Waals surface area contributed by atoms with Crippen molar-refractivity contribution in [2.75, 3.05) is 35.6 Å². The number of hydrogen-bond donors (Lipinski definition) is 2. The molecule has 166 valence electrons. The van der Waals surface area contributed by atoms with Crippen LogP contribution in [0.4, 0.5) is 11.5 Å². The van der Waals surface area contributed by atoms with Gasteiger partial charge in [-0.15, -0.1) is 10.2 Å². The summed E-state index contributed by atoms with van der Waals surface area (Å²) >= 11 is 1.36. The lowest BCUT2D eigenvalue weighted by Gasteiger charge is -2.32. The molecule has 1 saturated heterocycles. The largest absolute Gasteiger partial charge is 0.356 e. The molecule has 2 heterocycles. The third-order valence-electron chi connectivity index (χ3n) is 5.52. The molecule has 8 heteroatoms. The molecule has 0 aliphatic carbocycles. The van der Waals surface area contributed by atoms with Gasteiger partial charge in [0.1, 0.15) is 5.03 Å². The summed E-state index contributed by atoms with van der Waals surface area (Å²) in [5.74, 6) is 1.09. The Morgan fingerprint density at radius 2 is 2.03 bits per heavy atom. The van der Waals surface area contributed by atoms with E-state index in [2.05, 4.69) is 32.7 Å². The first-order chi connectivity index (χ1) is 15.0. The minimum atomic E-state index is -0.0680. The lowest BCUT2D eigenvalue weighted by molar-refractivity contribution is -0.125. The van der Waals surface area contributed by atoms with E-state index in [1.165, 1.54) is 11.8 Å². The quantitative estimate of drug-likeness (QED) is 0.609. The van der Waals surface area contributed by atoms with Crippen molar-refractivity contribution in [3.05, 3.63) is 41.5 Å². The molecule has 0 unspecified atom stereocenters. The van der Waals surface area contributed by atoms with E-state index < -0.39 is 0 Å². The van der Waals surface area contributed by atoms with Crippen molar-refractivity contribution in [3.8, 4) is 0 Å². The highest BCUT2D eigenvalue weighted by Gasteiger charge is 2.26. The van der Waals surface area contributed by atoms with Crippen LogP contribution < -0.4 is 15.5 Å². The number of carbonyl (C=O) groups excluding carboxylic acids is 2. The first kappa shape index (κ1) is 23.1. The summed E-state index contributed by atoms with van der Waals surface area (Å²) in [5, 5.41) is 15.3. The van der Waals surface area contributed by atoms with Crippen LogP contribution in [0.1, 0.15) is 37.3 Å². The Labute approximate surface area is 188 Å². The zero-order valence-electron chi connectivity index (χ0n) is 18.5. The van der Waals surface area contributed by atoms with Crippen LogP contribution in [0, 0.1) is 19.8 Å². The summed E-state index contributed by atoms with van der Waals surface area (Å²) in [4.78, 5) is 26.7. The van der Waals surface area contributed by atoms with Crippen molar-refractivity contribution in [3.63, 3.8) is 0 Å².